The van der Waals surface area contributed by atoms with Crippen LogP contribution in [0.15, 0.2) is 6.20 Å². The van der Waals surface area contributed by atoms with E-state index in [4.69, 9.17) is 11.5 Å². The van der Waals surface area contributed by atoms with Crippen molar-refractivity contribution in [3.63, 3.8) is 0 Å². The molecule has 0 aliphatic carbocycles. The number of rotatable bonds is 3. The van der Waals surface area contributed by atoms with Crippen LogP contribution in [-0.4, -0.2) is 18.1 Å². The largest absolute Gasteiger partial charge is 0.464 e. The number of nitrogen functional groups attached to an aromatic ring is 1. The molecule has 5 nitrogen and oxygen atoms in total. The summed E-state index contributed by atoms with van der Waals surface area (Å²) in [6.45, 7) is -0.196. The first-order chi connectivity index (χ1) is 7.52. The van der Waals surface area contributed by atoms with Gasteiger partial charge < -0.3 is 16.2 Å². The fourth-order valence-electron chi connectivity index (χ4n) is 1.26. The van der Waals surface area contributed by atoms with Gasteiger partial charge >= 0.3 is 5.97 Å². The zero-order valence-electron chi connectivity index (χ0n) is 8.54. The smallest absolute Gasteiger partial charge is 0.358 e. The van der Waals surface area contributed by atoms with Gasteiger partial charge in [0.15, 0.2) is 5.69 Å². The molecule has 0 unspecified atom stereocenters. The maximum atomic E-state index is 12.5. The lowest BCUT2D eigenvalue weighted by molar-refractivity contribution is 0.0594. The Morgan fingerprint density at radius 3 is 2.69 bits per heavy atom. The summed E-state index contributed by atoms with van der Waals surface area (Å²) in [5, 5.41) is 0. The second kappa shape index (κ2) is 4.84. The summed E-state index contributed by atoms with van der Waals surface area (Å²) < 4.78 is 29.5. The Morgan fingerprint density at radius 2 is 2.25 bits per heavy atom. The first kappa shape index (κ1) is 12.3. The van der Waals surface area contributed by atoms with E-state index >= 15 is 0 Å². The number of ether oxygens (including phenoxy) is 1. The number of anilines is 1. The molecule has 0 spiro atoms. The number of hydrogen-bond acceptors (Lipinski definition) is 5. The van der Waals surface area contributed by atoms with Crippen molar-refractivity contribution in [3.05, 3.63) is 23.0 Å². The van der Waals surface area contributed by atoms with Crippen LogP contribution in [0.3, 0.4) is 0 Å². The van der Waals surface area contributed by atoms with Gasteiger partial charge in [-0.05, 0) is 0 Å². The fourth-order valence-corrected chi connectivity index (χ4v) is 1.26. The molecule has 1 rings (SSSR count). The van der Waals surface area contributed by atoms with E-state index in [1.807, 2.05) is 0 Å². The van der Waals surface area contributed by atoms with Crippen LogP contribution in [0.4, 0.5) is 14.5 Å². The average molecular weight is 231 g/mol. The molecule has 0 saturated carbocycles. The number of carbonyl (C=O) groups is 1. The van der Waals surface area contributed by atoms with Crippen molar-refractivity contribution >= 4 is 11.7 Å². The number of hydrogen-bond donors (Lipinski definition) is 2. The lowest BCUT2D eigenvalue weighted by atomic mass is 10.1. The topological polar surface area (TPSA) is 91.2 Å². The van der Waals surface area contributed by atoms with Crippen LogP contribution in [0.2, 0.25) is 0 Å². The lowest BCUT2D eigenvalue weighted by Crippen LogP contribution is -2.14. The maximum Gasteiger partial charge on any atom is 0.358 e. The van der Waals surface area contributed by atoms with Crippen molar-refractivity contribution in [2.24, 2.45) is 5.73 Å². The lowest BCUT2D eigenvalue weighted by Gasteiger charge is -2.11. The molecule has 0 fully saturated rings. The molecule has 0 saturated heterocycles. The second-order valence-corrected chi connectivity index (χ2v) is 2.95. The Hall–Kier alpha value is -1.76. The van der Waals surface area contributed by atoms with Gasteiger partial charge in [-0.25, -0.2) is 18.6 Å². The van der Waals surface area contributed by atoms with Gasteiger partial charge in [-0.2, -0.15) is 0 Å². The molecular weight excluding hydrogens is 220 g/mol. The Labute approximate surface area is 90.4 Å². The SMILES string of the molecule is COC(=O)c1ncc(C(F)F)c(CN)c1N. The Balaban J connectivity index is 3.34. The van der Waals surface area contributed by atoms with Crippen LogP contribution in [0.25, 0.3) is 0 Å². The van der Waals surface area contributed by atoms with Crippen LogP contribution >= 0.6 is 0 Å². The quantitative estimate of drug-likeness (QED) is 0.752. The maximum absolute atomic E-state index is 12.5. The summed E-state index contributed by atoms with van der Waals surface area (Å²) in [7, 11) is 1.15. The molecule has 0 aromatic carbocycles. The molecule has 0 aliphatic heterocycles. The summed E-state index contributed by atoms with van der Waals surface area (Å²) >= 11 is 0. The van der Waals surface area contributed by atoms with E-state index in [1.165, 1.54) is 0 Å². The molecule has 1 heterocycles. The van der Waals surface area contributed by atoms with E-state index in [0.717, 1.165) is 13.3 Å². The van der Waals surface area contributed by atoms with Crippen LogP contribution in [0.1, 0.15) is 28.0 Å². The summed E-state index contributed by atoms with van der Waals surface area (Å²) in [5.74, 6) is -0.784. The molecule has 0 atom stereocenters. The van der Waals surface area contributed by atoms with E-state index in [1.54, 1.807) is 0 Å². The number of aromatic nitrogens is 1. The van der Waals surface area contributed by atoms with Gasteiger partial charge in [-0.1, -0.05) is 0 Å². The van der Waals surface area contributed by atoms with Gasteiger partial charge in [-0.15, -0.1) is 0 Å². The van der Waals surface area contributed by atoms with Crippen molar-refractivity contribution in [1.82, 2.24) is 4.98 Å². The standard InChI is InChI=1S/C9H11F2N3O2/c1-16-9(15)7-6(13)4(2-12)5(3-14-7)8(10)11/h3,8H,2,12-13H2,1H3. The highest BCUT2D eigenvalue weighted by Gasteiger charge is 2.21. The third kappa shape index (κ3) is 2.08. The molecule has 0 amide bonds. The van der Waals surface area contributed by atoms with Gasteiger partial charge in [0.05, 0.1) is 12.8 Å². The minimum atomic E-state index is -2.74. The molecule has 0 radical (unpaired) electrons. The second-order valence-electron chi connectivity index (χ2n) is 2.95. The van der Waals surface area contributed by atoms with Crippen molar-refractivity contribution in [3.8, 4) is 0 Å². The van der Waals surface area contributed by atoms with Gasteiger partial charge in [-0.3, -0.25) is 0 Å². The minimum absolute atomic E-state index is 0.0189. The number of pyridine rings is 1. The number of esters is 1. The van der Waals surface area contributed by atoms with Gasteiger partial charge in [0, 0.05) is 23.9 Å². The zero-order valence-corrected chi connectivity index (χ0v) is 8.54. The highest BCUT2D eigenvalue weighted by molar-refractivity contribution is 5.93. The van der Waals surface area contributed by atoms with E-state index < -0.39 is 12.4 Å². The predicted molar refractivity (Wildman–Crippen MR) is 52.8 cm³/mol. The third-order valence-electron chi connectivity index (χ3n) is 2.08. The summed E-state index contributed by atoms with van der Waals surface area (Å²) in [4.78, 5) is 14.7. The molecule has 0 bridgehead atoms. The van der Waals surface area contributed by atoms with Crippen molar-refractivity contribution in [2.45, 2.75) is 13.0 Å². The number of carbonyl (C=O) groups excluding carboxylic acids is 1. The third-order valence-corrected chi connectivity index (χ3v) is 2.08. The number of nitrogens with two attached hydrogens (primary N) is 2. The Kier molecular flexibility index (Phi) is 3.73. The molecule has 4 N–H and O–H groups in total. The van der Waals surface area contributed by atoms with Crippen molar-refractivity contribution in [1.29, 1.82) is 0 Å². The van der Waals surface area contributed by atoms with Crippen LogP contribution in [0, 0.1) is 0 Å². The fraction of sp³-hybridized carbons (Fsp3) is 0.333. The van der Waals surface area contributed by atoms with Gasteiger partial charge in [0.2, 0.25) is 0 Å². The van der Waals surface area contributed by atoms with Crippen LogP contribution in [0.5, 0.6) is 0 Å². The first-order valence-corrected chi connectivity index (χ1v) is 4.36. The Morgan fingerprint density at radius 1 is 1.62 bits per heavy atom. The molecule has 1 aromatic heterocycles. The minimum Gasteiger partial charge on any atom is -0.464 e. The first-order valence-electron chi connectivity index (χ1n) is 4.36. The van der Waals surface area contributed by atoms with Gasteiger partial charge in [0.25, 0.3) is 6.43 Å². The monoisotopic (exact) mass is 231 g/mol. The summed E-state index contributed by atoms with van der Waals surface area (Å²) in [6, 6.07) is 0. The highest BCUT2D eigenvalue weighted by Crippen LogP contribution is 2.27. The number of halogens is 2. The van der Waals surface area contributed by atoms with Crippen LogP contribution in [-0.2, 0) is 11.3 Å². The highest BCUT2D eigenvalue weighted by atomic mass is 19.3. The molecule has 7 heteroatoms. The van der Waals surface area contributed by atoms with Crippen molar-refractivity contribution < 1.29 is 18.3 Å². The van der Waals surface area contributed by atoms with Gasteiger partial charge in [0.1, 0.15) is 0 Å². The molecule has 0 aliphatic rings. The number of methoxy groups -OCH3 is 1. The van der Waals surface area contributed by atoms with E-state index in [9.17, 15) is 13.6 Å². The van der Waals surface area contributed by atoms with E-state index in [2.05, 4.69) is 9.72 Å². The van der Waals surface area contributed by atoms with E-state index in [0.29, 0.717) is 0 Å². The van der Waals surface area contributed by atoms with Crippen molar-refractivity contribution in [2.75, 3.05) is 12.8 Å². The van der Waals surface area contributed by atoms with Crippen LogP contribution < -0.4 is 11.5 Å². The molecular formula is C9H11F2N3O2. The summed E-state index contributed by atoms with van der Waals surface area (Å²) in [6.07, 6.45) is -1.85. The number of alkyl halides is 2. The summed E-state index contributed by atoms with van der Waals surface area (Å²) in [5.41, 5.74) is 10.1. The molecule has 16 heavy (non-hydrogen) atoms. The number of nitrogens with zero attached hydrogens (tertiary/aromatic N) is 1. The molecule has 88 valence electrons. The average Bonchev–Trinajstić information content (AvgIpc) is 2.27. The van der Waals surface area contributed by atoms with E-state index in [-0.39, 0.29) is 29.1 Å². The Bertz CT molecular complexity index is 410. The zero-order chi connectivity index (χ0) is 12.3. The predicted octanol–water partition coefficient (Wildman–Crippen LogP) is 0.847. The molecule has 1 aromatic rings. The normalized spacial score (nSPS) is 10.6.